The summed E-state index contributed by atoms with van der Waals surface area (Å²) in [5.41, 5.74) is 7.61. The van der Waals surface area contributed by atoms with Crippen LogP contribution in [0.25, 0.3) is 0 Å². The van der Waals surface area contributed by atoms with Gasteiger partial charge >= 0.3 is 6.15 Å². The summed E-state index contributed by atoms with van der Waals surface area (Å²) in [4.78, 5) is 42.6. The molecule has 10 heterocycles. The molecule has 2 N–H and O–H groups in total. The molecule has 2 atom stereocenters. The van der Waals surface area contributed by atoms with Crippen molar-refractivity contribution in [1.29, 1.82) is 0 Å². The van der Waals surface area contributed by atoms with Crippen LogP contribution in [0, 0.1) is 17.8 Å². The normalized spacial score (nSPS) is 30.8. The van der Waals surface area contributed by atoms with Crippen molar-refractivity contribution in [3.8, 4) is 23.0 Å². The summed E-state index contributed by atoms with van der Waals surface area (Å²) in [5, 5.41) is 0. The first-order chi connectivity index (χ1) is 23.0. The zero-order valence-electron chi connectivity index (χ0n) is 27.3. The van der Waals surface area contributed by atoms with Crippen molar-refractivity contribution in [1.82, 2.24) is 19.8 Å². The Morgan fingerprint density at radius 2 is 1.31 bits per heavy atom. The third kappa shape index (κ3) is 6.78. The molecule has 0 aromatic carbocycles. The zero-order valence-corrected chi connectivity index (χ0v) is 28.2. The fourth-order valence-electron chi connectivity index (χ4n) is 9.03. The third-order valence-corrected chi connectivity index (χ3v) is 11.7. The lowest BCUT2D eigenvalue weighted by atomic mass is 9.69. The number of fused-ring (bicyclic) bond motifs is 6. The molecule has 10 aliphatic rings. The van der Waals surface area contributed by atoms with E-state index in [-0.39, 0.29) is 24.3 Å². The minimum Gasteiger partial charge on any atom is -0.486 e. The number of ether oxygens (including phenoxy) is 4. The first kappa shape index (κ1) is 34.6. The lowest BCUT2D eigenvalue weighted by molar-refractivity contribution is -0.191. The monoisotopic (exact) mass is 683 g/mol. The minimum absolute atomic E-state index is 0. The van der Waals surface area contributed by atoms with Crippen molar-refractivity contribution in [2.45, 2.75) is 74.9 Å². The minimum atomic E-state index is 0. The van der Waals surface area contributed by atoms with E-state index in [2.05, 4.69) is 19.8 Å². The number of Topliss-reactive ketones (excluding diaryl/α,β-unsaturated/α-hetero) is 1. The summed E-state index contributed by atoms with van der Waals surface area (Å²) >= 11 is 0. The Balaban J connectivity index is 0.000000134. The molecule has 13 heteroatoms. The van der Waals surface area contributed by atoms with E-state index in [1.807, 2.05) is 0 Å². The third-order valence-electron chi connectivity index (χ3n) is 11.7. The summed E-state index contributed by atoms with van der Waals surface area (Å²) in [7, 11) is 0. The molecule has 0 unspecified atom stereocenters. The SMILES string of the molecule is Cl.N[C@H]1C2CCN(CC2)C12CC2.O=C(C[C@H]1C2CCN(CC2)C12CC2)c1cc2c(cn1)OCCO2.O=C=O.c1cc2c(cn1)OCCO2. The van der Waals surface area contributed by atoms with Gasteiger partial charge in [0.15, 0.2) is 28.8 Å². The average Bonchev–Trinajstić information content (AvgIpc) is 4.07. The van der Waals surface area contributed by atoms with Crippen molar-refractivity contribution in [2.75, 3.05) is 52.6 Å². The standard InChI is InChI=1S/C18H22N2O3.C9H16N2.C7H7NO2.CO2.ClH/c21-15(14-10-16-17(11-19-14)23-8-7-22-16)9-13-12-1-5-20(6-2-12)18(13)3-4-18;10-8-7-1-5-11(6-2-7)9(8)3-4-9;1-2-8-5-7-6(1)9-3-4-10-7;2-1-3;/h10-13H,1-9H2;7-8H,1-6,10H2;1-2,5H,3-4H2;;1H/t13-;8-;;;/m00.../s1. The van der Waals surface area contributed by atoms with Gasteiger partial charge in [0.05, 0.1) is 12.4 Å². The molecule has 12 nitrogen and oxygen atoms in total. The van der Waals surface area contributed by atoms with Crippen LogP contribution in [0.15, 0.2) is 30.7 Å². The van der Waals surface area contributed by atoms with Crippen LogP contribution in [0.2, 0.25) is 0 Å². The molecule has 2 saturated carbocycles. The molecular formula is C35H46ClN5O7. The first-order valence-electron chi connectivity index (χ1n) is 17.2. The lowest BCUT2D eigenvalue weighted by Crippen LogP contribution is -2.63. The average molecular weight is 684 g/mol. The number of hydrogen-bond donors (Lipinski definition) is 1. The molecule has 4 bridgehead atoms. The van der Waals surface area contributed by atoms with Gasteiger partial charge in [-0.15, -0.1) is 12.4 Å². The van der Waals surface area contributed by atoms with E-state index in [9.17, 15) is 4.79 Å². The van der Waals surface area contributed by atoms with Gasteiger partial charge in [-0.2, -0.15) is 9.59 Å². The van der Waals surface area contributed by atoms with Gasteiger partial charge in [-0.25, -0.2) is 4.98 Å². The molecule has 6 saturated heterocycles. The lowest BCUT2D eigenvalue weighted by Gasteiger charge is -2.52. The highest BCUT2D eigenvalue weighted by Gasteiger charge is 2.60. The Morgan fingerprint density at radius 3 is 1.85 bits per heavy atom. The van der Waals surface area contributed by atoms with Crippen LogP contribution in [0.4, 0.5) is 0 Å². The molecule has 2 aromatic rings. The van der Waals surface area contributed by atoms with Crippen molar-refractivity contribution in [3.63, 3.8) is 0 Å². The van der Waals surface area contributed by atoms with Crippen LogP contribution >= 0.6 is 12.4 Å². The van der Waals surface area contributed by atoms with Gasteiger partial charge in [-0.3, -0.25) is 19.6 Å². The highest BCUT2D eigenvalue weighted by molar-refractivity contribution is 5.95. The van der Waals surface area contributed by atoms with E-state index in [4.69, 9.17) is 34.3 Å². The topological polar surface area (TPSA) is 146 Å². The maximum atomic E-state index is 12.8. The van der Waals surface area contributed by atoms with Gasteiger partial charge in [0, 0.05) is 41.9 Å². The van der Waals surface area contributed by atoms with Crippen LogP contribution in [0.1, 0.15) is 68.3 Å². The molecule has 48 heavy (non-hydrogen) atoms. The number of piperidine rings is 6. The Labute approximate surface area is 287 Å². The van der Waals surface area contributed by atoms with Crippen molar-refractivity contribution in [2.24, 2.45) is 23.5 Å². The summed E-state index contributed by atoms with van der Waals surface area (Å²) in [6, 6.07) is 4.08. The van der Waals surface area contributed by atoms with Gasteiger partial charge < -0.3 is 24.7 Å². The second kappa shape index (κ2) is 14.7. The van der Waals surface area contributed by atoms with E-state index in [0.29, 0.717) is 73.1 Å². The zero-order chi connectivity index (χ0) is 32.4. The van der Waals surface area contributed by atoms with E-state index < -0.39 is 0 Å². The quantitative estimate of drug-likeness (QED) is 0.472. The van der Waals surface area contributed by atoms with Crippen LogP contribution in [0.5, 0.6) is 23.0 Å². The second-order valence-electron chi connectivity index (χ2n) is 13.9. The highest BCUT2D eigenvalue weighted by Crippen LogP contribution is 2.58. The molecule has 8 aliphatic heterocycles. The van der Waals surface area contributed by atoms with Crippen molar-refractivity contribution in [3.05, 3.63) is 36.4 Å². The second-order valence-corrected chi connectivity index (χ2v) is 13.9. The van der Waals surface area contributed by atoms with Crippen molar-refractivity contribution < 1.29 is 33.3 Å². The highest BCUT2D eigenvalue weighted by atomic mass is 35.5. The number of carbonyl (C=O) groups excluding carboxylic acids is 3. The molecule has 2 aliphatic carbocycles. The van der Waals surface area contributed by atoms with Crippen molar-refractivity contribution >= 4 is 24.3 Å². The molecule has 12 rings (SSSR count). The van der Waals surface area contributed by atoms with E-state index in [1.165, 1.54) is 77.5 Å². The number of nitrogens with zero attached hydrogens (tertiary/aromatic N) is 4. The predicted octanol–water partition coefficient (Wildman–Crippen LogP) is 3.56. The van der Waals surface area contributed by atoms with Gasteiger partial charge in [-0.05, 0) is 95.3 Å². The number of pyridine rings is 2. The number of hydrogen-bond acceptors (Lipinski definition) is 12. The summed E-state index contributed by atoms with van der Waals surface area (Å²) in [6.07, 6.45) is 16.4. The largest absolute Gasteiger partial charge is 0.486 e. The Bertz CT molecular complexity index is 1440. The Kier molecular flexibility index (Phi) is 10.6. The summed E-state index contributed by atoms with van der Waals surface area (Å²) in [6.45, 7) is 7.47. The Hall–Kier alpha value is -3.28. The molecule has 260 valence electrons. The fourth-order valence-corrected chi connectivity index (χ4v) is 9.03. The van der Waals surface area contributed by atoms with E-state index in [0.717, 1.165) is 23.3 Å². The first-order valence-corrected chi connectivity index (χ1v) is 17.2. The number of rotatable bonds is 3. The smallest absolute Gasteiger partial charge is 0.373 e. The number of nitrogens with two attached hydrogens (primary N) is 1. The van der Waals surface area contributed by atoms with Gasteiger partial charge in [-0.1, -0.05) is 0 Å². The maximum Gasteiger partial charge on any atom is 0.373 e. The van der Waals surface area contributed by atoms with Crippen LogP contribution < -0.4 is 24.7 Å². The molecule has 0 amide bonds. The molecule has 8 fully saturated rings. The van der Waals surface area contributed by atoms with Gasteiger partial charge in [0.1, 0.15) is 32.1 Å². The number of carbonyl (C=O) groups is 1. The predicted molar refractivity (Wildman–Crippen MR) is 176 cm³/mol. The van der Waals surface area contributed by atoms with Gasteiger partial charge in [0.2, 0.25) is 0 Å². The van der Waals surface area contributed by atoms with Gasteiger partial charge in [0.25, 0.3) is 0 Å². The van der Waals surface area contributed by atoms with E-state index in [1.54, 1.807) is 30.7 Å². The van der Waals surface area contributed by atoms with E-state index >= 15 is 0 Å². The number of aromatic nitrogens is 2. The fraction of sp³-hybridized carbons (Fsp3) is 0.657. The maximum absolute atomic E-state index is 12.8. The number of ketones is 1. The van der Waals surface area contributed by atoms with Crippen LogP contribution in [0.3, 0.4) is 0 Å². The molecule has 0 radical (unpaired) electrons. The Morgan fingerprint density at radius 1 is 0.792 bits per heavy atom. The number of halogens is 1. The molecule has 2 aromatic heterocycles. The van der Waals surface area contributed by atoms with Crippen LogP contribution in [-0.4, -0.2) is 101 Å². The summed E-state index contributed by atoms with van der Waals surface area (Å²) in [5.74, 6) is 5.11. The molecule has 2 spiro atoms. The molecular weight excluding hydrogens is 638 g/mol. The summed E-state index contributed by atoms with van der Waals surface area (Å²) < 4.78 is 21.6. The van der Waals surface area contributed by atoms with Crippen LogP contribution in [-0.2, 0) is 9.59 Å².